The van der Waals surface area contributed by atoms with Crippen LogP contribution in [0.15, 0.2) is 43.0 Å². The summed E-state index contributed by atoms with van der Waals surface area (Å²) in [6.45, 7) is 2.13. The van der Waals surface area contributed by atoms with Gasteiger partial charge in [-0.25, -0.2) is 9.97 Å². The van der Waals surface area contributed by atoms with E-state index in [2.05, 4.69) is 42.3 Å². The second-order valence-corrected chi connectivity index (χ2v) is 7.92. The average molecular weight is 398 g/mol. The van der Waals surface area contributed by atoms with Crippen molar-refractivity contribution < 1.29 is 0 Å². The first-order chi connectivity index (χ1) is 14.8. The Kier molecular flexibility index (Phi) is 3.83. The molecule has 5 aromatic rings. The summed E-state index contributed by atoms with van der Waals surface area (Å²) in [6.07, 6.45) is 11.3. The molecule has 0 aromatic carbocycles. The van der Waals surface area contributed by atoms with E-state index in [-0.39, 0.29) is 0 Å². The van der Waals surface area contributed by atoms with Gasteiger partial charge < -0.3 is 9.88 Å². The van der Waals surface area contributed by atoms with Gasteiger partial charge in [-0.15, -0.1) is 0 Å². The first-order valence-corrected chi connectivity index (χ1v) is 10.3. The number of rotatable bonds is 3. The van der Waals surface area contributed by atoms with Gasteiger partial charge in [0.2, 0.25) is 0 Å². The molecule has 0 bridgehead atoms. The molecule has 6 heterocycles. The van der Waals surface area contributed by atoms with E-state index in [0.29, 0.717) is 0 Å². The lowest BCUT2D eigenvalue weighted by atomic mass is 10.1. The predicted molar refractivity (Wildman–Crippen MR) is 117 cm³/mol. The van der Waals surface area contributed by atoms with Crippen LogP contribution in [0.5, 0.6) is 0 Å². The number of aryl methyl sites for hydroxylation is 1. The summed E-state index contributed by atoms with van der Waals surface area (Å²) in [5.41, 5.74) is 5.73. The van der Waals surface area contributed by atoms with E-state index in [1.165, 1.54) is 19.3 Å². The third kappa shape index (κ3) is 2.75. The Hall–Kier alpha value is -3.68. The summed E-state index contributed by atoms with van der Waals surface area (Å²) in [6, 6.07) is 6.31. The lowest BCUT2D eigenvalue weighted by Crippen LogP contribution is -2.30. The van der Waals surface area contributed by atoms with Crippen LogP contribution < -0.4 is 4.90 Å². The minimum atomic E-state index is 0.769. The molecule has 0 spiro atoms. The van der Waals surface area contributed by atoms with Crippen molar-refractivity contribution in [2.24, 2.45) is 7.05 Å². The highest BCUT2D eigenvalue weighted by Gasteiger charge is 2.18. The van der Waals surface area contributed by atoms with Crippen molar-refractivity contribution >= 4 is 27.8 Å². The fourth-order valence-corrected chi connectivity index (χ4v) is 4.36. The van der Waals surface area contributed by atoms with Gasteiger partial charge in [0.25, 0.3) is 0 Å². The van der Waals surface area contributed by atoms with Crippen LogP contribution in [0.3, 0.4) is 0 Å². The topological polar surface area (TPSA) is 91.3 Å². The van der Waals surface area contributed by atoms with E-state index in [0.717, 1.165) is 63.4 Å². The number of hydrogen-bond donors (Lipinski definition) is 2. The van der Waals surface area contributed by atoms with Crippen LogP contribution in [0.4, 0.5) is 5.82 Å². The molecule has 1 saturated heterocycles. The molecule has 8 nitrogen and oxygen atoms in total. The van der Waals surface area contributed by atoms with E-state index in [1.807, 2.05) is 37.9 Å². The Balaban J connectivity index is 1.47. The number of H-pyrrole nitrogens is 2. The highest BCUT2D eigenvalue weighted by atomic mass is 15.2. The van der Waals surface area contributed by atoms with Gasteiger partial charge >= 0.3 is 0 Å². The number of pyridine rings is 2. The number of fused-ring (bicyclic) bond motifs is 2. The first kappa shape index (κ1) is 17.2. The monoisotopic (exact) mass is 398 g/mol. The normalized spacial score (nSPS) is 14.8. The highest BCUT2D eigenvalue weighted by Crippen LogP contribution is 2.33. The summed E-state index contributed by atoms with van der Waals surface area (Å²) in [5.74, 6) is 1.06. The first-order valence-electron chi connectivity index (χ1n) is 10.3. The molecule has 150 valence electrons. The molecule has 8 heteroatoms. The fourth-order valence-electron chi connectivity index (χ4n) is 4.36. The number of hydrogen-bond acceptors (Lipinski definition) is 5. The van der Waals surface area contributed by atoms with Crippen LogP contribution in [-0.2, 0) is 7.05 Å². The SMILES string of the molecule is Cn1cc(-c2cnc3[nH]nc(-c4cc5c(N6CCCCC6)nccc5[nH]4)c3c2)cn1. The number of aromatic nitrogens is 7. The second kappa shape index (κ2) is 6.69. The fraction of sp³-hybridized carbons (Fsp3) is 0.273. The summed E-state index contributed by atoms with van der Waals surface area (Å²) < 4.78 is 1.79. The molecule has 0 aliphatic carbocycles. The van der Waals surface area contributed by atoms with Gasteiger partial charge in [-0.3, -0.25) is 9.78 Å². The van der Waals surface area contributed by atoms with Crippen LogP contribution in [0.25, 0.3) is 44.5 Å². The van der Waals surface area contributed by atoms with Crippen LogP contribution >= 0.6 is 0 Å². The van der Waals surface area contributed by atoms with Gasteiger partial charge in [-0.2, -0.15) is 10.2 Å². The number of nitrogens with one attached hydrogen (secondary N) is 2. The molecule has 0 saturated carbocycles. The Morgan fingerprint density at radius 3 is 2.70 bits per heavy atom. The lowest BCUT2D eigenvalue weighted by Gasteiger charge is -2.28. The maximum atomic E-state index is 4.70. The maximum absolute atomic E-state index is 4.70. The number of piperidine rings is 1. The molecule has 6 rings (SSSR count). The van der Waals surface area contributed by atoms with Gasteiger partial charge in [0.1, 0.15) is 11.5 Å². The quantitative estimate of drug-likeness (QED) is 0.481. The molecular weight excluding hydrogens is 376 g/mol. The molecule has 0 amide bonds. The summed E-state index contributed by atoms with van der Waals surface area (Å²) in [7, 11) is 1.91. The van der Waals surface area contributed by atoms with Crippen molar-refractivity contribution in [1.29, 1.82) is 0 Å². The number of nitrogens with zero attached hydrogens (tertiary/aromatic N) is 6. The number of aromatic amines is 2. The Labute approximate surface area is 173 Å². The predicted octanol–water partition coefficient (Wildman–Crippen LogP) is 3.89. The molecule has 1 aliphatic rings. The molecule has 30 heavy (non-hydrogen) atoms. The molecule has 0 unspecified atom stereocenters. The van der Waals surface area contributed by atoms with E-state index in [9.17, 15) is 0 Å². The Morgan fingerprint density at radius 2 is 1.87 bits per heavy atom. The molecule has 1 fully saturated rings. The van der Waals surface area contributed by atoms with Crippen molar-refractivity contribution in [3.05, 3.63) is 43.0 Å². The molecule has 2 N–H and O–H groups in total. The van der Waals surface area contributed by atoms with Gasteiger partial charge in [-0.1, -0.05) is 0 Å². The second-order valence-electron chi connectivity index (χ2n) is 7.92. The van der Waals surface area contributed by atoms with Crippen LogP contribution in [0.2, 0.25) is 0 Å². The van der Waals surface area contributed by atoms with E-state index < -0.39 is 0 Å². The standard InChI is InChI=1S/C22H22N8/c1-29-13-15(12-25-29)14-9-17-20(27-28-21(17)24-11-14)19-10-16-18(26-19)5-6-23-22(16)30-7-3-2-4-8-30/h5-6,9-13,26H,2-4,7-8H2,1H3,(H,24,27,28). The van der Waals surface area contributed by atoms with Gasteiger partial charge in [0.05, 0.1) is 17.4 Å². The summed E-state index contributed by atoms with van der Waals surface area (Å²) >= 11 is 0. The lowest BCUT2D eigenvalue weighted by molar-refractivity contribution is 0.575. The van der Waals surface area contributed by atoms with Gasteiger partial charge in [-0.05, 0) is 37.5 Å². The molecule has 1 aliphatic heterocycles. The zero-order chi connectivity index (χ0) is 20.1. The van der Waals surface area contributed by atoms with Crippen molar-refractivity contribution in [1.82, 2.24) is 34.9 Å². The smallest absolute Gasteiger partial charge is 0.155 e. The van der Waals surface area contributed by atoms with Gasteiger partial charge in [0, 0.05) is 60.6 Å². The van der Waals surface area contributed by atoms with Crippen LogP contribution in [-0.4, -0.2) is 48.0 Å². The van der Waals surface area contributed by atoms with Crippen molar-refractivity contribution in [2.75, 3.05) is 18.0 Å². The molecule has 5 aromatic heterocycles. The third-order valence-electron chi connectivity index (χ3n) is 5.89. The molecule has 0 radical (unpaired) electrons. The Morgan fingerprint density at radius 1 is 0.967 bits per heavy atom. The number of anilines is 1. The van der Waals surface area contributed by atoms with E-state index >= 15 is 0 Å². The highest BCUT2D eigenvalue weighted by molar-refractivity contribution is 5.99. The largest absolute Gasteiger partial charge is 0.356 e. The van der Waals surface area contributed by atoms with Crippen LogP contribution in [0, 0.1) is 0 Å². The minimum absolute atomic E-state index is 0.769. The van der Waals surface area contributed by atoms with Crippen molar-refractivity contribution in [2.45, 2.75) is 19.3 Å². The zero-order valence-electron chi connectivity index (χ0n) is 16.8. The Bertz CT molecular complexity index is 1350. The summed E-state index contributed by atoms with van der Waals surface area (Å²) in [4.78, 5) is 15.2. The molecule has 0 atom stereocenters. The third-order valence-corrected chi connectivity index (χ3v) is 5.89. The van der Waals surface area contributed by atoms with Crippen molar-refractivity contribution in [3.8, 4) is 22.5 Å². The maximum Gasteiger partial charge on any atom is 0.155 e. The van der Waals surface area contributed by atoms with Crippen molar-refractivity contribution in [3.63, 3.8) is 0 Å². The van der Waals surface area contributed by atoms with E-state index in [4.69, 9.17) is 4.98 Å². The minimum Gasteiger partial charge on any atom is -0.356 e. The van der Waals surface area contributed by atoms with E-state index in [1.54, 1.807) is 4.68 Å². The zero-order valence-corrected chi connectivity index (χ0v) is 16.8. The van der Waals surface area contributed by atoms with Crippen LogP contribution in [0.1, 0.15) is 19.3 Å². The summed E-state index contributed by atoms with van der Waals surface area (Å²) in [5, 5.41) is 14.0. The average Bonchev–Trinajstić information content (AvgIpc) is 3.50. The molecular formula is C22H22N8. The van der Waals surface area contributed by atoms with Gasteiger partial charge in [0.15, 0.2) is 5.65 Å².